The molecule has 4 rings (SSSR count). The summed E-state index contributed by atoms with van der Waals surface area (Å²) in [5.41, 5.74) is 6.91. The Kier molecular flexibility index (Phi) is 5.47. The van der Waals surface area contributed by atoms with Crippen LogP contribution < -0.4 is 10.9 Å². The second-order valence-corrected chi connectivity index (χ2v) is 6.21. The fraction of sp³-hybridized carbons (Fsp3) is 0.0500. The zero-order valence-corrected chi connectivity index (χ0v) is 15.6. The normalized spacial score (nSPS) is 10.4. The molecule has 0 saturated carbocycles. The van der Waals surface area contributed by atoms with E-state index in [1.165, 1.54) is 23.4 Å². The zero-order chi connectivity index (χ0) is 20.8. The fourth-order valence-electron chi connectivity index (χ4n) is 2.60. The van der Waals surface area contributed by atoms with Crippen LogP contribution in [0.1, 0.15) is 26.4 Å². The van der Waals surface area contributed by atoms with E-state index in [0.717, 1.165) is 11.1 Å². The summed E-state index contributed by atoms with van der Waals surface area (Å²) < 4.78 is 0. The van der Waals surface area contributed by atoms with E-state index in [1.54, 1.807) is 24.3 Å². The molecule has 2 aromatic heterocycles. The van der Waals surface area contributed by atoms with Crippen LogP contribution in [0.3, 0.4) is 0 Å². The van der Waals surface area contributed by atoms with Crippen LogP contribution in [0.5, 0.6) is 0 Å². The van der Waals surface area contributed by atoms with E-state index in [1.807, 2.05) is 30.3 Å². The molecule has 2 aromatic carbocycles. The van der Waals surface area contributed by atoms with Crippen molar-refractivity contribution in [3.05, 3.63) is 90.0 Å². The number of carbonyl (C=O) groups is 2. The first-order valence-corrected chi connectivity index (χ1v) is 8.98. The van der Waals surface area contributed by atoms with Crippen molar-refractivity contribution in [3.63, 3.8) is 0 Å². The summed E-state index contributed by atoms with van der Waals surface area (Å²) in [7, 11) is 0. The van der Waals surface area contributed by atoms with Gasteiger partial charge in [-0.2, -0.15) is 4.80 Å². The SMILES string of the molecule is O=C(NNC(=O)c1cnccn1)c1ccc(Cn2nnc(-c3ccccc3)n2)cc1. The first kappa shape index (κ1) is 18.9. The number of carbonyl (C=O) groups excluding carboxylic acids is 2. The molecular formula is C20H16N8O2. The van der Waals surface area contributed by atoms with Crippen LogP contribution in [-0.2, 0) is 6.54 Å². The van der Waals surface area contributed by atoms with E-state index in [0.29, 0.717) is 17.9 Å². The van der Waals surface area contributed by atoms with Crippen molar-refractivity contribution >= 4 is 11.8 Å². The number of benzene rings is 2. The maximum absolute atomic E-state index is 12.2. The standard InChI is InChI=1S/C20H16N8O2/c29-19(24-25-20(30)17-12-21-10-11-22-17)16-8-6-14(7-9-16)13-28-26-18(23-27-28)15-4-2-1-3-5-15/h1-12H,13H2,(H,24,29)(H,25,30). The number of nitrogens with zero attached hydrogens (tertiary/aromatic N) is 6. The monoisotopic (exact) mass is 400 g/mol. The predicted octanol–water partition coefficient (Wildman–Crippen LogP) is 1.25. The van der Waals surface area contributed by atoms with Gasteiger partial charge in [0.25, 0.3) is 11.8 Å². The Labute approximate surface area is 171 Å². The van der Waals surface area contributed by atoms with E-state index < -0.39 is 11.8 Å². The molecule has 2 N–H and O–H groups in total. The summed E-state index contributed by atoms with van der Waals surface area (Å²) in [6, 6.07) is 16.4. The van der Waals surface area contributed by atoms with Gasteiger partial charge in [-0.1, -0.05) is 42.5 Å². The van der Waals surface area contributed by atoms with Gasteiger partial charge in [0.1, 0.15) is 5.69 Å². The highest BCUT2D eigenvalue weighted by Crippen LogP contribution is 2.12. The molecule has 0 bridgehead atoms. The topological polar surface area (TPSA) is 128 Å². The Morgan fingerprint density at radius 2 is 1.67 bits per heavy atom. The number of hydrogen-bond donors (Lipinski definition) is 2. The second kappa shape index (κ2) is 8.69. The Hall–Kier alpha value is -4.47. The molecule has 0 spiro atoms. The van der Waals surface area contributed by atoms with Crippen molar-refractivity contribution in [2.24, 2.45) is 0 Å². The number of nitrogens with one attached hydrogen (secondary N) is 2. The molecule has 0 radical (unpaired) electrons. The number of amides is 2. The average molecular weight is 400 g/mol. The summed E-state index contributed by atoms with van der Waals surface area (Å²) in [6.07, 6.45) is 4.15. The van der Waals surface area contributed by atoms with E-state index in [-0.39, 0.29) is 5.69 Å². The highest BCUT2D eigenvalue weighted by Gasteiger charge is 2.11. The number of hydrogen-bond acceptors (Lipinski definition) is 7. The van der Waals surface area contributed by atoms with Gasteiger partial charge in [-0.05, 0) is 22.9 Å². The van der Waals surface area contributed by atoms with E-state index in [2.05, 4.69) is 36.2 Å². The molecule has 148 valence electrons. The molecule has 10 nitrogen and oxygen atoms in total. The Morgan fingerprint density at radius 3 is 2.40 bits per heavy atom. The summed E-state index contributed by atoms with van der Waals surface area (Å²) in [6.45, 7) is 0.408. The quantitative estimate of drug-likeness (QED) is 0.483. The highest BCUT2D eigenvalue weighted by atomic mass is 16.2. The van der Waals surface area contributed by atoms with Crippen LogP contribution in [-0.4, -0.2) is 42.0 Å². The molecule has 2 heterocycles. The molecule has 4 aromatic rings. The largest absolute Gasteiger partial charge is 0.289 e. The lowest BCUT2D eigenvalue weighted by atomic mass is 10.1. The smallest absolute Gasteiger partial charge is 0.267 e. The lowest BCUT2D eigenvalue weighted by Crippen LogP contribution is -2.42. The van der Waals surface area contributed by atoms with Crippen molar-refractivity contribution in [3.8, 4) is 11.4 Å². The summed E-state index contributed by atoms with van der Waals surface area (Å²) in [5.74, 6) is -0.464. The van der Waals surface area contributed by atoms with Crippen LogP contribution in [0.4, 0.5) is 0 Å². The minimum Gasteiger partial charge on any atom is -0.267 e. The van der Waals surface area contributed by atoms with Crippen LogP contribution in [0.2, 0.25) is 0 Å². The van der Waals surface area contributed by atoms with Crippen molar-refractivity contribution in [1.82, 2.24) is 41.0 Å². The van der Waals surface area contributed by atoms with E-state index in [4.69, 9.17) is 0 Å². The molecule has 10 heteroatoms. The van der Waals surface area contributed by atoms with Crippen LogP contribution in [0.15, 0.2) is 73.2 Å². The first-order valence-electron chi connectivity index (χ1n) is 8.98. The van der Waals surface area contributed by atoms with Gasteiger partial charge >= 0.3 is 0 Å². The van der Waals surface area contributed by atoms with Crippen molar-refractivity contribution in [2.75, 3.05) is 0 Å². The maximum Gasteiger partial charge on any atom is 0.289 e. The first-order chi connectivity index (χ1) is 14.7. The predicted molar refractivity (Wildman–Crippen MR) is 106 cm³/mol. The minimum atomic E-state index is -0.556. The molecular weight excluding hydrogens is 384 g/mol. The zero-order valence-electron chi connectivity index (χ0n) is 15.6. The molecule has 0 fully saturated rings. The van der Waals surface area contributed by atoms with Crippen molar-refractivity contribution in [2.45, 2.75) is 6.54 Å². The third kappa shape index (κ3) is 4.50. The molecule has 0 atom stereocenters. The Bertz CT molecular complexity index is 1140. The van der Waals surface area contributed by atoms with E-state index in [9.17, 15) is 9.59 Å². The lowest BCUT2D eigenvalue weighted by molar-refractivity contribution is 0.0843. The van der Waals surface area contributed by atoms with Gasteiger partial charge in [0.2, 0.25) is 5.82 Å². The summed E-state index contributed by atoms with van der Waals surface area (Å²) in [5, 5.41) is 12.5. The molecule has 0 saturated heterocycles. The molecule has 0 unspecified atom stereocenters. The molecule has 0 aliphatic carbocycles. The van der Waals surface area contributed by atoms with Crippen LogP contribution >= 0.6 is 0 Å². The maximum atomic E-state index is 12.2. The van der Waals surface area contributed by atoms with Gasteiger partial charge in [-0.3, -0.25) is 25.4 Å². The van der Waals surface area contributed by atoms with Crippen molar-refractivity contribution in [1.29, 1.82) is 0 Å². The summed E-state index contributed by atoms with van der Waals surface area (Å²) in [4.78, 5) is 33.2. The second-order valence-electron chi connectivity index (χ2n) is 6.21. The lowest BCUT2D eigenvalue weighted by Gasteiger charge is -2.07. The van der Waals surface area contributed by atoms with Gasteiger partial charge in [-0.25, -0.2) is 4.98 Å². The number of tetrazole rings is 1. The van der Waals surface area contributed by atoms with Crippen LogP contribution in [0, 0.1) is 0 Å². The highest BCUT2D eigenvalue weighted by molar-refractivity contribution is 5.98. The van der Waals surface area contributed by atoms with Gasteiger partial charge in [0, 0.05) is 23.5 Å². The average Bonchev–Trinajstić information content (AvgIpc) is 3.27. The third-order valence-electron chi connectivity index (χ3n) is 4.11. The minimum absolute atomic E-state index is 0.100. The fourth-order valence-corrected chi connectivity index (χ4v) is 2.60. The number of hydrazine groups is 1. The number of aromatic nitrogens is 6. The van der Waals surface area contributed by atoms with Crippen molar-refractivity contribution < 1.29 is 9.59 Å². The number of rotatable bonds is 5. The Morgan fingerprint density at radius 1 is 0.900 bits per heavy atom. The van der Waals surface area contributed by atoms with E-state index >= 15 is 0 Å². The van der Waals surface area contributed by atoms with Crippen LogP contribution in [0.25, 0.3) is 11.4 Å². The third-order valence-corrected chi connectivity index (χ3v) is 4.11. The molecule has 0 aliphatic rings. The van der Waals surface area contributed by atoms with Gasteiger partial charge in [-0.15, -0.1) is 10.2 Å². The van der Waals surface area contributed by atoms with Gasteiger partial charge in [0.05, 0.1) is 12.7 Å². The molecule has 30 heavy (non-hydrogen) atoms. The summed E-state index contributed by atoms with van der Waals surface area (Å²) >= 11 is 0. The Balaban J connectivity index is 1.34. The molecule has 2 amide bonds. The van der Waals surface area contributed by atoms with Gasteiger partial charge in [0.15, 0.2) is 0 Å². The molecule has 0 aliphatic heterocycles. The van der Waals surface area contributed by atoms with Gasteiger partial charge < -0.3 is 0 Å².